The van der Waals surface area contributed by atoms with Crippen molar-refractivity contribution in [2.75, 3.05) is 5.32 Å². The van der Waals surface area contributed by atoms with Gasteiger partial charge in [-0.25, -0.2) is 4.98 Å². The van der Waals surface area contributed by atoms with Crippen molar-refractivity contribution in [2.24, 2.45) is 0 Å². The summed E-state index contributed by atoms with van der Waals surface area (Å²) in [7, 11) is 0. The number of aromatic nitrogens is 2. The second-order valence-electron chi connectivity index (χ2n) is 4.30. The Labute approximate surface area is 92.7 Å². The van der Waals surface area contributed by atoms with Crippen LogP contribution in [0.1, 0.15) is 26.1 Å². The van der Waals surface area contributed by atoms with E-state index < -0.39 is 11.5 Å². The molecule has 0 radical (unpaired) electrons. The molecule has 16 heavy (non-hydrogen) atoms. The molecule has 6 nitrogen and oxygen atoms in total. The maximum Gasteiger partial charge on any atom is 0.305 e. The van der Waals surface area contributed by atoms with Crippen LogP contribution in [0.5, 0.6) is 0 Å². The van der Waals surface area contributed by atoms with E-state index in [-0.39, 0.29) is 12.0 Å². The number of H-pyrrole nitrogens is 1. The molecule has 0 aliphatic carbocycles. The van der Waals surface area contributed by atoms with Gasteiger partial charge in [0.2, 0.25) is 0 Å². The Balaban J connectivity index is 2.87. The summed E-state index contributed by atoms with van der Waals surface area (Å²) < 4.78 is 0. The highest BCUT2D eigenvalue weighted by atomic mass is 16.4. The number of aromatic amines is 1. The van der Waals surface area contributed by atoms with Crippen molar-refractivity contribution in [1.82, 2.24) is 9.97 Å². The first-order valence-corrected chi connectivity index (χ1v) is 4.86. The van der Waals surface area contributed by atoms with Crippen LogP contribution < -0.4 is 10.9 Å². The van der Waals surface area contributed by atoms with E-state index in [1.807, 2.05) is 0 Å². The second kappa shape index (κ2) is 4.34. The summed E-state index contributed by atoms with van der Waals surface area (Å²) in [5.41, 5.74) is -0.917. The van der Waals surface area contributed by atoms with Crippen LogP contribution in [0, 0.1) is 6.92 Å². The maximum atomic E-state index is 11.2. The number of nitrogens with one attached hydrogen (secondary N) is 2. The van der Waals surface area contributed by atoms with E-state index in [0.717, 1.165) is 0 Å². The molecule has 1 heterocycles. The van der Waals surface area contributed by atoms with Crippen molar-refractivity contribution in [3.8, 4) is 0 Å². The van der Waals surface area contributed by atoms with Crippen molar-refractivity contribution in [1.29, 1.82) is 0 Å². The van der Waals surface area contributed by atoms with E-state index in [1.165, 1.54) is 6.07 Å². The molecule has 0 bridgehead atoms. The van der Waals surface area contributed by atoms with E-state index >= 15 is 0 Å². The lowest BCUT2D eigenvalue weighted by Crippen LogP contribution is -2.34. The third kappa shape index (κ3) is 3.72. The molecule has 88 valence electrons. The van der Waals surface area contributed by atoms with Crippen LogP contribution in [-0.4, -0.2) is 26.6 Å². The molecule has 0 saturated carbocycles. The van der Waals surface area contributed by atoms with Crippen LogP contribution in [0.15, 0.2) is 10.9 Å². The number of rotatable bonds is 4. The largest absolute Gasteiger partial charge is 0.481 e. The van der Waals surface area contributed by atoms with E-state index in [1.54, 1.807) is 20.8 Å². The average molecular weight is 225 g/mol. The van der Waals surface area contributed by atoms with Gasteiger partial charge in [-0.15, -0.1) is 0 Å². The minimum atomic E-state index is -0.904. The number of hydrogen-bond donors (Lipinski definition) is 3. The molecule has 0 aromatic carbocycles. The van der Waals surface area contributed by atoms with Gasteiger partial charge in [0.25, 0.3) is 5.56 Å². The summed E-state index contributed by atoms with van der Waals surface area (Å²) >= 11 is 0. The van der Waals surface area contributed by atoms with E-state index in [9.17, 15) is 9.59 Å². The van der Waals surface area contributed by atoms with Gasteiger partial charge in [-0.05, 0) is 20.8 Å². The molecule has 0 fully saturated rings. The Morgan fingerprint density at radius 1 is 1.62 bits per heavy atom. The van der Waals surface area contributed by atoms with Crippen molar-refractivity contribution >= 4 is 11.8 Å². The Morgan fingerprint density at radius 2 is 2.25 bits per heavy atom. The minimum absolute atomic E-state index is 0.0550. The van der Waals surface area contributed by atoms with Gasteiger partial charge in [0.05, 0.1) is 6.42 Å². The lowest BCUT2D eigenvalue weighted by atomic mass is 10.0. The maximum absolute atomic E-state index is 11.2. The van der Waals surface area contributed by atoms with E-state index in [2.05, 4.69) is 15.3 Å². The summed E-state index contributed by atoms with van der Waals surface area (Å²) in [5.74, 6) is -0.0345. The molecule has 3 N–H and O–H groups in total. The predicted molar refractivity (Wildman–Crippen MR) is 59.5 cm³/mol. The summed E-state index contributed by atoms with van der Waals surface area (Å²) in [5, 5.41) is 11.6. The Kier molecular flexibility index (Phi) is 3.31. The summed E-state index contributed by atoms with van der Waals surface area (Å²) in [6.07, 6.45) is -0.0550. The highest BCUT2D eigenvalue weighted by Gasteiger charge is 2.22. The van der Waals surface area contributed by atoms with Crippen molar-refractivity contribution in [3.63, 3.8) is 0 Å². The van der Waals surface area contributed by atoms with E-state index in [0.29, 0.717) is 11.6 Å². The minimum Gasteiger partial charge on any atom is -0.481 e. The first kappa shape index (κ1) is 12.2. The number of carboxylic acid groups (broad SMARTS) is 1. The van der Waals surface area contributed by atoms with Crippen LogP contribution >= 0.6 is 0 Å². The van der Waals surface area contributed by atoms with Crippen LogP contribution in [0.3, 0.4) is 0 Å². The number of nitrogens with zero attached hydrogens (tertiary/aromatic N) is 1. The smallest absolute Gasteiger partial charge is 0.305 e. The standard InChI is InChI=1S/C10H15N3O3/c1-6-11-7(4-8(14)12-6)13-10(2,3)5-9(15)16/h4H,5H2,1-3H3,(H,15,16)(H2,11,12,13,14). The Bertz CT molecular complexity index is 451. The second-order valence-corrected chi connectivity index (χ2v) is 4.30. The lowest BCUT2D eigenvalue weighted by molar-refractivity contribution is -0.137. The number of carbonyl (C=O) groups is 1. The van der Waals surface area contributed by atoms with Gasteiger partial charge < -0.3 is 15.4 Å². The number of aliphatic carboxylic acids is 1. The quantitative estimate of drug-likeness (QED) is 0.702. The molecule has 0 unspecified atom stereocenters. The van der Waals surface area contributed by atoms with Crippen LogP contribution in [0.2, 0.25) is 0 Å². The molecule has 0 atom stereocenters. The molecule has 0 aliphatic rings. The topological polar surface area (TPSA) is 95.1 Å². The predicted octanol–water partition coefficient (Wildman–Crippen LogP) is 0.744. The normalized spacial score (nSPS) is 11.2. The third-order valence-corrected chi connectivity index (χ3v) is 1.92. The van der Waals surface area contributed by atoms with E-state index in [4.69, 9.17) is 5.11 Å². The van der Waals surface area contributed by atoms with Crippen molar-refractivity contribution in [2.45, 2.75) is 32.7 Å². The van der Waals surface area contributed by atoms with Gasteiger partial charge in [0.15, 0.2) is 0 Å². The Hall–Kier alpha value is -1.85. The fourth-order valence-corrected chi connectivity index (χ4v) is 1.41. The van der Waals surface area contributed by atoms with Gasteiger partial charge in [-0.3, -0.25) is 9.59 Å². The third-order valence-electron chi connectivity index (χ3n) is 1.92. The average Bonchev–Trinajstić information content (AvgIpc) is 1.95. The fraction of sp³-hybridized carbons (Fsp3) is 0.500. The SMILES string of the molecule is Cc1nc(NC(C)(C)CC(=O)O)cc(=O)[nH]1. The zero-order valence-electron chi connectivity index (χ0n) is 9.50. The molecule has 0 spiro atoms. The molecular formula is C10H15N3O3. The zero-order valence-corrected chi connectivity index (χ0v) is 9.50. The molecule has 6 heteroatoms. The van der Waals surface area contributed by atoms with Gasteiger partial charge in [0, 0.05) is 11.6 Å². The van der Waals surface area contributed by atoms with Crippen LogP contribution in [0.4, 0.5) is 5.82 Å². The molecular weight excluding hydrogens is 210 g/mol. The lowest BCUT2D eigenvalue weighted by Gasteiger charge is -2.24. The summed E-state index contributed by atoms with van der Waals surface area (Å²) in [6, 6.07) is 1.30. The van der Waals surface area contributed by atoms with Gasteiger partial charge >= 0.3 is 5.97 Å². The number of anilines is 1. The Morgan fingerprint density at radius 3 is 2.75 bits per heavy atom. The van der Waals surface area contributed by atoms with Gasteiger partial charge in [0.1, 0.15) is 11.6 Å². The van der Waals surface area contributed by atoms with Crippen molar-refractivity contribution in [3.05, 3.63) is 22.2 Å². The number of aryl methyl sites for hydroxylation is 1. The summed E-state index contributed by atoms with van der Waals surface area (Å²) in [6.45, 7) is 5.13. The number of carboxylic acids is 1. The number of hydrogen-bond acceptors (Lipinski definition) is 4. The molecule has 1 aromatic heterocycles. The molecule has 0 amide bonds. The van der Waals surface area contributed by atoms with Crippen LogP contribution in [-0.2, 0) is 4.79 Å². The molecule has 1 aromatic rings. The highest BCUT2D eigenvalue weighted by molar-refractivity contribution is 5.69. The summed E-state index contributed by atoms with van der Waals surface area (Å²) in [4.78, 5) is 28.4. The highest BCUT2D eigenvalue weighted by Crippen LogP contribution is 2.15. The first-order valence-electron chi connectivity index (χ1n) is 4.86. The van der Waals surface area contributed by atoms with Crippen LogP contribution in [0.25, 0.3) is 0 Å². The van der Waals surface area contributed by atoms with Gasteiger partial charge in [-0.1, -0.05) is 0 Å². The molecule has 0 aliphatic heterocycles. The first-order chi connectivity index (χ1) is 7.28. The fourth-order valence-electron chi connectivity index (χ4n) is 1.41. The monoisotopic (exact) mass is 225 g/mol. The van der Waals surface area contributed by atoms with Crippen molar-refractivity contribution < 1.29 is 9.90 Å². The van der Waals surface area contributed by atoms with Gasteiger partial charge in [-0.2, -0.15) is 0 Å². The molecule has 1 rings (SSSR count). The zero-order chi connectivity index (χ0) is 12.3. The molecule has 0 saturated heterocycles.